The van der Waals surface area contributed by atoms with Crippen LogP contribution >= 0.6 is 11.6 Å². The number of nitrogens with zero attached hydrogens (tertiary/aromatic N) is 1. The van der Waals surface area contributed by atoms with Crippen LogP contribution in [0.5, 0.6) is 5.75 Å². The van der Waals surface area contributed by atoms with E-state index in [4.69, 9.17) is 26.2 Å². The average molecular weight is 668 g/mol. The van der Waals surface area contributed by atoms with Crippen LogP contribution in [0.3, 0.4) is 0 Å². The number of halogens is 1. The molecule has 1 heterocycles. The largest absolute Gasteiger partial charge is 0.490 e. The quantitative estimate of drug-likeness (QED) is 0.114. The fourth-order valence-electron chi connectivity index (χ4n) is 6.07. The van der Waals surface area contributed by atoms with E-state index in [-0.39, 0.29) is 18.6 Å². The number of Topliss-reactive ketones (excluding diaryl/α,β-unsaturated/α-hetero) is 1. The number of hydrogen-bond acceptors (Lipinski definition) is 9. The molecule has 47 heavy (non-hydrogen) atoms. The number of aromatic nitrogens is 1. The fourth-order valence-corrected chi connectivity index (χ4v) is 6.31. The van der Waals surface area contributed by atoms with E-state index in [1.165, 1.54) is 0 Å². The highest BCUT2D eigenvalue weighted by Crippen LogP contribution is 2.53. The number of rotatable bonds is 19. The molecule has 0 amide bonds. The van der Waals surface area contributed by atoms with E-state index in [1.807, 2.05) is 49.6 Å². The minimum Gasteiger partial charge on any atom is -0.490 e. The lowest BCUT2D eigenvalue weighted by Gasteiger charge is -2.27. The Morgan fingerprint density at radius 3 is 2.47 bits per heavy atom. The highest BCUT2D eigenvalue weighted by Gasteiger charge is 2.48. The van der Waals surface area contributed by atoms with Gasteiger partial charge in [-0.15, -0.1) is 0 Å². The molecule has 2 saturated carbocycles. The van der Waals surface area contributed by atoms with E-state index in [1.54, 1.807) is 0 Å². The maximum Gasteiger partial charge on any atom is 0.133 e. The van der Waals surface area contributed by atoms with Crippen LogP contribution in [0.2, 0.25) is 5.02 Å². The Labute approximate surface area is 281 Å². The van der Waals surface area contributed by atoms with E-state index in [9.17, 15) is 25.2 Å². The standard InChI is InChI=1S/C37H46ClNO8/c1-23-16-26(32(38)18-24(23)6-2-3-7-27(42)17-25(20-40)35(44)36(45)33(43)21-41)22-46-37(13-14-37)31-19-39-15-12-29(31)30-8-4-5-9-34(30)47-28-10-11-28/h4-5,8-9,12,15-16,18-19,25,28,33,35-36,40-41,43-45H,2-3,6-7,10-11,13-14,17,20-22H2,1H3/t25-,33+,35+,36+/m0/s1. The molecule has 10 heteroatoms. The minimum absolute atomic E-state index is 0.130. The second-order valence-electron chi connectivity index (χ2n) is 13.0. The number of pyridine rings is 1. The number of carbonyl (C=O) groups is 1. The molecule has 254 valence electrons. The van der Waals surface area contributed by atoms with Crippen molar-refractivity contribution >= 4 is 17.4 Å². The molecule has 0 unspecified atom stereocenters. The Bertz CT molecular complexity index is 1510. The Morgan fingerprint density at radius 2 is 1.77 bits per heavy atom. The van der Waals surface area contributed by atoms with Gasteiger partial charge in [-0.2, -0.15) is 0 Å². The number of aryl methyl sites for hydroxylation is 2. The van der Waals surface area contributed by atoms with Crippen molar-refractivity contribution in [2.24, 2.45) is 5.92 Å². The first-order valence-electron chi connectivity index (χ1n) is 16.6. The van der Waals surface area contributed by atoms with Crippen LogP contribution in [0, 0.1) is 12.8 Å². The lowest BCUT2D eigenvalue weighted by atomic mass is 9.90. The molecular formula is C37H46ClNO8. The van der Waals surface area contributed by atoms with Crippen LogP contribution in [0.4, 0.5) is 0 Å². The van der Waals surface area contributed by atoms with Crippen LogP contribution in [0.1, 0.15) is 73.6 Å². The molecule has 0 aliphatic heterocycles. The zero-order valence-electron chi connectivity index (χ0n) is 26.9. The first-order chi connectivity index (χ1) is 22.7. The van der Waals surface area contributed by atoms with Crippen LogP contribution in [-0.4, -0.2) is 73.9 Å². The third kappa shape index (κ3) is 8.97. The van der Waals surface area contributed by atoms with Gasteiger partial charge in [0.15, 0.2) is 0 Å². The lowest BCUT2D eigenvalue weighted by Crippen LogP contribution is -2.45. The van der Waals surface area contributed by atoms with Crippen LogP contribution in [-0.2, 0) is 28.2 Å². The van der Waals surface area contributed by atoms with Crippen molar-refractivity contribution in [3.63, 3.8) is 0 Å². The maximum absolute atomic E-state index is 12.5. The zero-order chi connectivity index (χ0) is 33.6. The van der Waals surface area contributed by atoms with Gasteiger partial charge in [0, 0.05) is 53.9 Å². The van der Waals surface area contributed by atoms with Gasteiger partial charge in [0.25, 0.3) is 0 Å². The second-order valence-corrected chi connectivity index (χ2v) is 13.4. The molecule has 2 fully saturated rings. The van der Waals surface area contributed by atoms with Gasteiger partial charge in [0.2, 0.25) is 0 Å². The molecule has 4 atom stereocenters. The number of para-hydroxylation sites is 1. The summed E-state index contributed by atoms with van der Waals surface area (Å²) < 4.78 is 12.8. The number of ether oxygens (including phenoxy) is 2. The predicted octanol–water partition coefficient (Wildman–Crippen LogP) is 4.81. The molecule has 1 aromatic heterocycles. The fraction of sp³-hybridized carbons (Fsp3) is 0.514. The van der Waals surface area contributed by atoms with Crippen molar-refractivity contribution in [3.8, 4) is 16.9 Å². The predicted molar refractivity (Wildman–Crippen MR) is 178 cm³/mol. The molecule has 5 N–H and O–H groups in total. The van der Waals surface area contributed by atoms with E-state index >= 15 is 0 Å². The number of aliphatic hydroxyl groups excluding tert-OH is 5. The maximum atomic E-state index is 12.5. The van der Waals surface area contributed by atoms with Gasteiger partial charge in [-0.1, -0.05) is 35.9 Å². The summed E-state index contributed by atoms with van der Waals surface area (Å²) in [5.41, 5.74) is 5.86. The molecule has 0 spiro atoms. The molecule has 0 radical (unpaired) electrons. The molecule has 2 aliphatic carbocycles. The summed E-state index contributed by atoms with van der Waals surface area (Å²) in [5, 5.41) is 48.9. The Hall–Kier alpha value is -2.89. The molecule has 2 aliphatic rings. The van der Waals surface area contributed by atoms with Gasteiger partial charge in [-0.25, -0.2) is 0 Å². The molecule has 3 aromatic rings. The topological polar surface area (TPSA) is 150 Å². The summed E-state index contributed by atoms with van der Waals surface area (Å²) >= 11 is 6.76. The molecule has 5 rings (SSSR count). The van der Waals surface area contributed by atoms with E-state index < -0.39 is 43.0 Å². The summed E-state index contributed by atoms with van der Waals surface area (Å²) in [5.74, 6) is -0.188. The summed E-state index contributed by atoms with van der Waals surface area (Å²) in [6, 6.07) is 14.2. The minimum atomic E-state index is -1.65. The van der Waals surface area contributed by atoms with Crippen molar-refractivity contribution in [2.45, 2.75) is 101 Å². The molecule has 9 nitrogen and oxygen atoms in total. The smallest absolute Gasteiger partial charge is 0.133 e. The van der Waals surface area contributed by atoms with E-state index in [0.717, 1.165) is 77.7 Å². The van der Waals surface area contributed by atoms with E-state index in [2.05, 4.69) is 17.1 Å². The van der Waals surface area contributed by atoms with Gasteiger partial charge in [0.1, 0.15) is 23.7 Å². The number of benzene rings is 2. The molecule has 2 aromatic carbocycles. The average Bonchev–Trinajstić information content (AvgIpc) is 4.03. The SMILES string of the molecule is Cc1cc(COC2(c3cnccc3-c3ccccc3OC3CC3)CC2)c(Cl)cc1CCCCC(=O)C[C@@H](CO)[C@@H](O)[C@H](O)[C@H](O)CO. The van der Waals surface area contributed by atoms with E-state index in [0.29, 0.717) is 24.2 Å². The van der Waals surface area contributed by atoms with Crippen LogP contribution in [0.15, 0.2) is 54.9 Å². The lowest BCUT2D eigenvalue weighted by molar-refractivity contribution is -0.127. The Balaban J connectivity index is 1.15. The number of unbranched alkanes of at least 4 members (excludes halogenated alkanes) is 1. The number of ketones is 1. The van der Waals surface area contributed by atoms with Gasteiger partial charge < -0.3 is 35.0 Å². The van der Waals surface area contributed by atoms with Crippen molar-refractivity contribution in [3.05, 3.63) is 82.1 Å². The van der Waals surface area contributed by atoms with Crippen LogP contribution in [0.25, 0.3) is 11.1 Å². The highest BCUT2D eigenvalue weighted by atomic mass is 35.5. The van der Waals surface area contributed by atoms with Gasteiger partial charge >= 0.3 is 0 Å². The number of hydrogen-bond donors (Lipinski definition) is 5. The number of carbonyl (C=O) groups excluding carboxylic acids is 1. The summed E-state index contributed by atoms with van der Waals surface area (Å²) in [6.07, 6.45) is 5.49. The Morgan fingerprint density at radius 1 is 1.00 bits per heavy atom. The summed E-state index contributed by atoms with van der Waals surface area (Å²) in [7, 11) is 0. The second kappa shape index (κ2) is 16.0. The van der Waals surface area contributed by atoms with Crippen molar-refractivity contribution in [2.75, 3.05) is 13.2 Å². The third-order valence-corrected chi connectivity index (χ3v) is 9.66. The first kappa shape index (κ1) is 35.4. The molecule has 0 saturated heterocycles. The third-order valence-electron chi connectivity index (χ3n) is 9.31. The Kier molecular flexibility index (Phi) is 12.1. The van der Waals surface area contributed by atoms with Crippen molar-refractivity contribution in [1.29, 1.82) is 0 Å². The van der Waals surface area contributed by atoms with Gasteiger partial charge in [0.05, 0.1) is 31.0 Å². The monoisotopic (exact) mass is 667 g/mol. The van der Waals surface area contributed by atoms with Gasteiger partial charge in [-0.05, 0) is 92.3 Å². The van der Waals surface area contributed by atoms with Crippen molar-refractivity contribution < 1.29 is 39.8 Å². The summed E-state index contributed by atoms with van der Waals surface area (Å²) in [6.45, 7) is 1.15. The molecule has 0 bridgehead atoms. The van der Waals surface area contributed by atoms with Crippen LogP contribution < -0.4 is 4.74 Å². The van der Waals surface area contributed by atoms with Crippen molar-refractivity contribution in [1.82, 2.24) is 4.98 Å². The summed E-state index contributed by atoms with van der Waals surface area (Å²) in [4.78, 5) is 17.0. The first-order valence-corrected chi connectivity index (χ1v) is 16.9. The highest BCUT2D eigenvalue weighted by molar-refractivity contribution is 6.31. The zero-order valence-corrected chi connectivity index (χ0v) is 27.6. The normalized spacial score (nSPS) is 17.9. The van der Waals surface area contributed by atoms with Gasteiger partial charge in [-0.3, -0.25) is 9.78 Å². The molecular weight excluding hydrogens is 622 g/mol. The number of aliphatic hydroxyl groups is 5.